The minimum Gasteiger partial charge on any atom is -0.345 e. The molecule has 112 valence electrons. The lowest BCUT2D eigenvalue weighted by atomic mass is 10.1. The number of hydrogen-bond acceptors (Lipinski definition) is 4. The summed E-state index contributed by atoms with van der Waals surface area (Å²) in [5.74, 6) is -0.257. The van der Waals surface area contributed by atoms with Crippen molar-refractivity contribution in [3.63, 3.8) is 0 Å². The Bertz CT molecular complexity index is 711. The molecule has 8 heteroatoms. The van der Waals surface area contributed by atoms with Gasteiger partial charge in [0.2, 0.25) is 15.9 Å². The lowest BCUT2D eigenvalue weighted by Gasteiger charge is -2.07. The minimum atomic E-state index is -3.27. The number of rotatable bonds is 6. The number of nitrogens with one attached hydrogen (secondary N) is 3. The average molecular weight is 308 g/mol. The van der Waals surface area contributed by atoms with E-state index in [0.29, 0.717) is 5.69 Å². The molecule has 0 bridgehead atoms. The molecule has 0 aliphatic carbocycles. The Kier molecular flexibility index (Phi) is 4.71. The van der Waals surface area contributed by atoms with Crippen LogP contribution in [0.3, 0.4) is 0 Å². The van der Waals surface area contributed by atoms with Crippen molar-refractivity contribution in [2.75, 3.05) is 18.1 Å². The fourth-order valence-electron chi connectivity index (χ4n) is 1.75. The standard InChI is InChI=1S/C13H16N4O3S/c1-21(19,20)16-6-5-13(18)17-11-4-2-3-10(7-11)12-8-14-9-15-12/h2-4,7-9,16H,5-6H2,1H3,(H,14,15)(H,17,18). The number of aromatic nitrogens is 2. The monoisotopic (exact) mass is 308 g/mol. The van der Waals surface area contributed by atoms with E-state index in [4.69, 9.17) is 0 Å². The fourth-order valence-corrected chi connectivity index (χ4v) is 2.22. The molecule has 7 nitrogen and oxygen atoms in total. The molecule has 0 atom stereocenters. The van der Waals surface area contributed by atoms with Crippen LogP contribution in [0, 0.1) is 0 Å². The predicted molar refractivity (Wildman–Crippen MR) is 80.1 cm³/mol. The molecule has 0 fully saturated rings. The van der Waals surface area contributed by atoms with E-state index >= 15 is 0 Å². The average Bonchev–Trinajstić information content (AvgIpc) is 2.91. The van der Waals surface area contributed by atoms with Crippen LogP contribution < -0.4 is 10.0 Å². The first-order valence-corrected chi connectivity index (χ1v) is 8.16. The van der Waals surface area contributed by atoms with Crippen LogP contribution in [0.5, 0.6) is 0 Å². The number of aromatic amines is 1. The van der Waals surface area contributed by atoms with E-state index in [0.717, 1.165) is 17.5 Å². The summed E-state index contributed by atoms with van der Waals surface area (Å²) in [7, 11) is -3.27. The van der Waals surface area contributed by atoms with Crippen LogP contribution in [0.2, 0.25) is 0 Å². The quantitative estimate of drug-likeness (QED) is 0.739. The van der Waals surface area contributed by atoms with E-state index in [9.17, 15) is 13.2 Å². The van der Waals surface area contributed by atoms with Crippen molar-refractivity contribution in [2.24, 2.45) is 0 Å². The molecule has 0 unspecified atom stereocenters. The second-order valence-electron chi connectivity index (χ2n) is 4.51. The number of sulfonamides is 1. The molecule has 0 radical (unpaired) electrons. The highest BCUT2D eigenvalue weighted by molar-refractivity contribution is 7.88. The minimum absolute atomic E-state index is 0.0708. The van der Waals surface area contributed by atoms with Crippen LogP contribution in [0.25, 0.3) is 11.3 Å². The summed E-state index contributed by atoms with van der Waals surface area (Å²) in [4.78, 5) is 18.7. The predicted octanol–water partition coefficient (Wildman–Crippen LogP) is 0.954. The zero-order valence-corrected chi connectivity index (χ0v) is 12.3. The summed E-state index contributed by atoms with van der Waals surface area (Å²) < 4.78 is 24.1. The van der Waals surface area contributed by atoms with Crippen molar-refractivity contribution >= 4 is 21.6 Å². The number of benzene rings is 1. The smallest absolute Gasteiger partial charge is 0.225 e. The van der Waals surface area contributed by atoms with Gasteiger partial charge in [-0.05, 0) is 12.1 Å². The van der Waals surface area contributed by atoms with Crippen molar-refractivity contribution in [2.45, 2.75) is 6.42 Å². The summed E-state index contributed by atoms with van der Waals surface area (Å²) in [5.41, 5.74) is 2.40. The van der Waals surface area contributed by atoms with Crippen LogP contribution in [-0.2, 0) is 14.8 Å². The van der Waals surface area contributed by atoms with Gasteiger partial charge in [-0.2, -0.15) is 0 Å². The lowest BCUT2D eigenvalue weighted by Crippen LogP contribution is -2.26. The fraction of sp³-hybridized carbons (Fsp3) is 0.231. The number of hydrogen-bond donors (Lipinski definition) is 3. The van der Waals surface area contributed by atoms with Gasteiger partial charge in [-0.1, -0.05) is 12.1 Å². The molecule has 1 aromatic heterocycles. The van der Waals surface area contributed by atoms with Crippen molar-refractivity contribution in [3.8, 4) is 11.3 Å². The number of anilines is 1. The highest BCUT2D eigenvalue weighted by Gasteiger charge is 2.06. The van der Waals surface area contributed by atoms with E-state index in [2.05, 4.69) is 20.0 Å². The molecule has 0 saturated heterocycles. The Hall–Kier alpha value is -2.19. The highest BCUT2D eigenvalue weighted by atomic mass is 32.2. The van der Waals surface area contributed by atoms with Crippen LogP contribution in [0.4, 0.5) is 5.69 Å². The maximum atomic E-state index is 11.7. The highest BCUT2D eigenvalue weighted by Crippen LogP contribution is 2.20. The maximum absolute atomic E-state index is 11.7. The molecule has 0 spiro atoms. The van der Waals surface area contributed by atoms with Gasteiger partial charge in [0.15, 0.2) is 0 Å². The van der Waals surface area contributed by atoms with Gasteiger partial charge in [-0.25, -0.2) is 18.1 Å². The summed E-state index contributed by atoms with van der Waals surface area (Å²) in [6, 6.07) is 7.30. The van der Waals surface area contributed by atoms with E-state index in [1.54, 1.807) is 18.6 Å². The largest absolute Gasteiger partial charge is 0.345 e. The van der Waals surface area contributed by atoms with Crippen LogP contribution >= 0.6 is 0 Å². The second-order valence-corrected chi connectivity index (χ2v) is 6.34. The molecule has 2 rings (SSSR count). The number of nitrogens with zero attached hydrogens (tertiary/aromatic N) is 1. The van der Waals surface area contributed by atoms with Crippen molar-refractivity contribution in [1.82, 2.24) is 14.7 Å². The molecule has 21 heavy (non-hydrogen) atoms. The summed E-state index contributed by atoms with van der Waals surface area (Å²) >= 11 is 0. The Balaban J connectivity index is 1.94. The Morgan fingerprint density at radius 3 is 2.86 bits per heavy atom. The van der Waals surface area contributed by atoms with Gasteiger partial charge in [0, 0.05) is 24.2 Å². The first-order chi connectivity index (χ1) is 9.94. The number of carbonyl (C=O) groups excluding carboxylic acids is 1. The number of amides is 1. The molecule has 2 aromatic rings. The number of carbonyl (C=O) groups is 1. The van der Waals surface area contributed by atoms with Gasteiger partial charge in [0.1, 0.15) is 0 Å². The van der Waals surface area contributed by atoms with Crippen LogP contribution in [-0.4, -0.2) is 37.1 Å². The molecule has 0 aliphatic rings. The van der Waals surface area contributed by atoms with E-state index in [1.807, 2.05) is 18.2 Å². The first kappa shape index (κ1) is 15.2. The number of H-pyrrole nitrogens is 1. The lowest BCUT2D eigenvalue weighted by molar-refractivity contribution is -0.116. The van der Waals surface area contributed by atoms with Gasteiger partial charge in [0.25, 0.3) is 0 Å². The summed E-state index contributed by atoms with van der Waals surface area (Å²) in [6.45, 7) is 0.0743. The second kappa shape index (κ2) is 6.51. The third-order valence-corrected chi connectivity index (χ3v) is 3.40. The van der Waals surface area contributed by atoms with E-state index in [1.165, 1.54) is 0 Å². The molecular weight excluding hydrogens is 292 g/mol. The van der Waals surface area contributed by atoms with Gasteiger partial charge in [-0.15, -0.1) is 0 Å². The SMILES string of the molecule is CS(=O)(=O)NCCC(=O)Nc1cccc(-c2cnc[nH]2)c1. The van der Waals surface area contributed by atoms with Crippen LogP contribution in [0.15, 0.2) is 36.8 Å². The van der Waals surface area contributed by atoms with E-state index < -0.39 is 10.0 Å². The van der Waals surface area contributed by atoms with Crippen molar-refractivity contribution < 1.29 is 13.2 Å². The molecule has 0 saturated carbocycles. The van der Waals surface area contributed by atoms with Crippen molar-refractivity contribution in [1.29, 1.82) is 0 Å². The Morgan fingerprint density at radius 2 is 2.19 bits per heavy atom. The summed E-state index contributed by atoms with van der Waals surface area (Å²) in [6.07, 6.45) is 4.40. The normalized spacial score (nSPS) is 11.3. The Morgan fingerprint density at radius 1 is 1.38 bits per heavy atom. The third kappa shape index (κ3) is 5.01. The maximum Gasteiger partial charge on any atom is 0.225 e. The molecule has 0 aliphatic heterocycles. The van der Waals surface area contributed by atoms with Gasteiger partial charge < -0.3 is 10.3 Å². The number of imidazole rings is 1. The van der Waals surface area contributed by atoms with Gasteiger partial charge in [-0.3, -0.25) is 4.79 Å². The zero-order valence-electron chi connectivity index (χ0n) is 11.5. The first-order valence-electron chi connectivity index (χ1n) is 6.27. The molecule has 1 heterocycles. The van der Waals surface area contributed by atoms with E-state index in [-0.39, 0.29) is 18.9 Å². The van der Waals surface area contributed by atoms with Crippen LogP contribution in [0.1, 0.15) is 6.42 Å². The molecule has 1 amide bonds. The zero-order chi connectivity index (χ0) is 15.3. The third-order valence-electron chi connectivity index (χ3n) is 2.67. The summed E-state index contributed by atoms with van der Waals surface area (Å²) in [5, 5.41) is 2.72. The van der Waals surface area contributed by atoms with Crippen molar-refractivity contribution in [3.05, 3.63) is 36.8 Å². The molecule has 1 aromatic carbocycles. The van der Waals surface area contributed by atoms with Gasteiger partial charge in [0.05, 0.1) is 24.5 Å². The Labute approximate surface area is 122 Å². The van der Waals surface area contributed by atoms with Gasteiger partial charge >= 0.3 is 0 Å². The molecule has 3 N–H and O–H groups in total. The molecular formula is C13H16N4O3S. The topological polar surface area (TPSA) is 104 Å².